The molecule has 0 fully saturated rings. The fourth-order valence-corrected chi connectivity index (χ4v) is 0.840. The van der Waals surface area contributed by atoms with Gasteiger partial charge in [0.05, 0.1) is 11.5 Å². The molecule has 0 aliphatic carbocycles. The molecule has 3 nitrogen and oxygen atoms in total. The van der Waals surface area contributed by atoms with E-state index in [1.807, 2.05) is 0 Å². The van der Waals surface area contributed by atoms with Crippen molar-refractivity contribution in [2.75, 3.05) is 5.88 Å². The van der Waals surface area contributed by atoms with Crippen LogP contribution in [-0.2, 0) is 4.79 Å². The standard InChI is InChI=1S/C7H13ClO3/c1-7(2,6(10)11)3-5(9)4-8/h5,9H,3-4H2,1-2H3,(H,10,11). The summed E-state index contributed by atoms with van der Waals surface area (Å²) in [4.78, 5) is 10.5. The lowest BCUT2D eigenvalue weighted by molar-refractivity contribution is -0.148. The van der Waals surface area contributed by atoms with Crippen molar-refractivity contribution in [2.45, 2.75) is 26.4 Å². The maximum absolute atomic E-state index is 10.5. The van der Waals surface area contributed by atoms with E-state index >= 15 is 0 Å². The first kappa shape index (κ1) is 10.7. The van der Waals surface area contributed by atoms with Crippen molar-refractivity contribution in [3.8, 4) is 0 Å². The van der Waals surface area contributed by atoms with Gasteiger partial charge in [-0.2, -0.15) is 0 Å². The molecule has 0 saturated carbocycles. The van der Waals surface area contributed by atoms with Crippen LogP contribution in [-0.4, -0.2) is 28.2 Å². The van der Waals surface area contributed by atoms with Gasteiger partial charge < -0.3 is 10.2 Å². The summed E-state index contributed by atoms with van der Waals surface area (Å²) in [6.45, 7) is 3.12. The summed E-state index contributed by atoms with van der Waals surface area (Å²) in [6, 6.07) is 0. The van der Waals surface area contributed by atoms with Crippen molar-refractivity contribution < 1.29 is 15.0 Å². The predicted octanol–water partition coefficient (Wildman–Crippen LogP) is 1.09. The molecule has 0 saturated heterocycles. The number of alkyl halides is 1. The maximum atomic E-state index is 10.5. The fraction of sp³-hybridized carbons (Fsp3) is 0.857. The molecule has 0 radical (unpaired) electrons. The molecule has 0 aromatic carbocycles. The van der Waals surface area contributed by atoms with E-state index in [1.54, 1.807) is 13.8 Å². The number of hydrogen-bond acceptors (Lipinski definition) is 2. The first-order chi connectivity index (χ1) is 4.90. The largest absolute Gasteiger partial charge is 0.481 e. The van der Waals surface area contributed by atoms with Gasteiger partial charge in [-0.15, -0.1) is 11.6 Å². The van der Waals surface area contributed by atoms with Crippen molar-refractivity contribution in [1.29, 1.82) is 0 Å². The van der Waals surface area contributed by atoms with E-state index in [1.165, 1.54) is 0 Å². The second kappa shape index (κ2) is 3.93. The highest BCUT2D eigenvalue weighted by Gasteiger charge is 2.29. The van der Waals surface area contributed by atoms with Crippen molar-refractivity contribution in [3.05, 3.63) is 0 Å². The van der Waals surface area contributed by atoms with E-state index < -0.39 is 17.5 Å². The molecule has 0 aromatic rings. The Kier molecular flexibility index (Phi) is 3.83. The molecule has 0 aliphatic rings. The minimum atomic E-state index is -0.915. The Bertz CT molecular complexity index is 145. The van der Waals surface area contributed by atoms with Gasteiger partial charge in [-0.05, 0) is 20.3 Å². The summed E-state index contributed by atoms with van der Waals surface area (Å²) >= 11 is 5.32. The Morgan fingerprint density at radius 3 is 2.36 bits per heavy atom. The van der Waals surface area contributed by atoms with Crippen LogP contribution >= 0.6 is 11.6 Å². The summed E-state index contributed by atoms with van der Waals surface area (Å²) in [7, 11) is 0. The Balaban J connectivity index is 4.01. The van der Waals surface area contributed by atoms with Crippen molar-refractivity contribution in [1.82, 2.24) is 0 Å². The molecule has 0 heterocycles. The Morgan fingerprint density at radius 2 is 2.09 bits per heavy atom. The third-order valence-corrected chi connectivity index (χ3v) is 1.86. The summed E-state index contributed by atoms with van der Waals surface area (Å²) in [5, 5.41) is 17.7. The SMILES string of the molecule is CC(C)(CC(O)CCl)C(=O)O. The lowest BCUT2D eigenvalue weighted by Crippen LogP contribution is -2.29. The zero-order valence-electron chi connectivity index (χ0n) is 6.67. The van der Waals surface area contributed by atoms with Crippen LogP contribution in [0.4, 0.5) is 0 Å². The number of aliphatic hydroxyl groups excluding tert-OH is 1. The van der Waals surface area contributed by atoms with Gasteiger partial charge in [0.2, 0.25) is 0 Å². The zero-order chi connectivity index (χ0) is 9.07. The van der Waals surface area contributed by atoms with E-state index in [-0.39, 0.29) is 12.3 Å². The molecular formula is C7H13ClO3. The number of carboxylic acid groups (broad SMARTS) is 1. The lowest BCUT2D eigenvalue weighted by atomic mass is 9.87. The lowest BCUT2D eigenvalue weighted by Gasteiger charge is -2.21. The van der Waals surface area contributed by atoms with Gasteiger partial charge in [-0.1, -0.05) is 0 Å². The fourth-order valence-electron chi connectivity index (χ4n) is 0.731. The number of halogens is 1. The smallest absolute Gasteiger partial charge is 0.309 e. The monoisotopic (exact) mass is 180 g/mol. The average Bonchev–Trinajstić information content (AvgIpc) is 1.86. The molecule has 4 heteroatoms. The van der Waals surface area contributed by atoms with Crippen LogP contribution in [0.25, 0.3) is 0 Å². The molecule has 1 atom stereocenters. The van der Waals surface area contributed by atoms with Crippen LogP contribution in [0.2, 0.25) is 0 Å². The van der Waals surface area contributed by atoms with Crippen LogP contribution in [0.3, 0.4) is 0 Å². The van der Waals surface area contributed by atoms with Crippen molar-refractivity contribution in [3.63, 3.8) is 0 Å². The second-order valence-corrected chi connectivity index (χ2v) is 3.51. The summed E-state index contributed by atoms with van der Waals surface area (Å²) in [5.41, 5.74) is -0.895. The topological polar surface area (TPSA) is 57.5 Å². The Morgan fingerprint density at radius 1 is 1.64 bits per heavy atom. The normalized spacial score (nSPS) is 14.5. The van der Waals surface area contributed by atoms with Gasteiger partial charge >= 0.3 is 5.97 Å². The molecule has 0 spiro atoms. The number of hydrogen-bond donors (Lipinski definition) is 2. The van der Waals surface area contributed by atoms with Gasteiger partial charge in [-0.3, -0.25) is 4.79 Å². The number of carbonyl (C=O) groups is 1. The van der Waals surface area contributed by atoms with Gasteiger partial charge in [-0.25, -0.2) is 0 Å². The molecule has 0 aromatic heterocycles. The van der Waals surface area contributed by atoms with Crippen LogP contribution in [0, 0.1) is 5.41 Å². The van der Waals surface area contributed by atoms with E-state index in [0.717, 1.165) is 0 Å². The van der Waals surface area contributed by atoms with E-state index in [9.17, 15) is 4.79 Å². The molecule has 0 aliphatic heterocycles. The van der Waals surface area contributed by atoms with Crippen LogP contribution in [0.1, 0.15) is 20.3 Å². The van der Waals surface area contributed by atoms with E-state index in [0.29, 0.717) is 0 Å². The van der Waals surface area contributed by atoms with Crippen LogP contribution in [0.15, 0.2) is 0 Å². The van der Waals surface area contributed by atoms with Gasteiger partial charge in [0, 0.05) is 5.88 Å². The molecule has 66 valence electrons. The molecular weight excluding hydrogens is 168 g/mol. The molecule has 11 heavy (non-hydrogen) atoms. The van der Waals surface area contributed by atoms with Crippen molar-refractivity contribution in [2.24, 2.45) is 5.41 Å². The highest BCUT2D eigenvalue weighted by molar-refractivity contribution is 6.18. The number of aliphatic hydroxyl groups is 1. The van der Waals surface area contributed by atoms with Crippen LogP contribution in [0.5, 0.6) is 0 Å². The van der Waals surface area contributed by atoms with Gasteiger partial charge in [0.1, 0.15) is 0 Å². The summed E-state index contributed by atoms with van der Waals surface area (Å²) in [5.74, 6) is -0.835. The predicted molar refractivity (Wildman–Crippen MR) is 42.8 cm³/mol. The Hall–Kier alpha value is -0.280. The van der Waals surface area contributed by atoms with Gasteiger partial charge in [0.25, 0.3) is 0 Å². The Labute approximate surface area is 71.0 Å². The summed E-state index contributed by atoms with van der Waals surface area (Å²) < 4.78 is 0. The molecule has 0 rings (SSSR count). The second-order valence-electron chi connectivity index (χ2n) is 3.20. The molecule has 1 unspecified atom stereocenters. The average molecular weight is 181 g/mol. The molecule has 2 N–H and O–H groups in total. The highest BCUT2D eigenvalue weighted by atomic mass is 35.5. The molecule has 0 amide bonds. The minimum absolute atomic E-state index is 0.0801. The number of aliphatic carboxylic acids is 1. The third kappa shape index (κ3) is 3.58. The van der Waals surface area contributed by atoms with Crippen molar-refractivity contribution >= 4 is 17.6 Å². The summed E-state index contributed by atoms with van der Waals surface area (Å²) in [6.07, 6.45) is -0.547. The first-order valence-electron chi connectivity index (χ1n) is 3.37. The molecule has 0 bridgehead atoms. The quantitative estimate of drug-likeness (QED) is 0.637. The van der Waals surface area contributed by atoms with Gasteiger partial charge in [0.15, 0.2) is 0 Å². The minimum Gasteiger partial charge on any atom is -0.481 e. The third-order valence-electron chi connectivity index (χ3n) is 1.50. The number of carboxylic acids is 1. The van der Waals surface area contributed by atoms with Crippen LogP contribution < -0.4 is 0 Å². The van der Waals surface area contributed by atoms with E-state index in [4.69, 9.17) is 21.8 Å². The highest BCUT2D eigenvalue weighted by Crippen LogP contribution is 2.22. The van der Waals surface area contributed by atoms with E-state index in [2.05, 4.69) is 0 Å². The first-order valence-corrected chi connectivity index (χ1v) is 3.91. The maximum Gasteiger partial charge on any atom is 0.309 e. The number of rotatable bonds is 4. The zero-order valence-corrected chi connectivity index (χ0v) is 7.43.